The average molecular weight is 901 g/mol. The first kappa shape index (κ1) is 47.1. The molecule has 0 unspecified atom stereocenters. The number of rotatable bonds is 9. The van der Waals surface area contributed by atoms with Gasteiger partial charge in [-0.15, -0.1) is 0 Å². The van der Waals surface area contributed by atoms with Crippen LogP contribution in [0.15, 0.2) is 11.6 Å². The van der Waals surface area contributed by atoms with E-state index in [0.717, 1.165) is 44.9 Å². The van der Waals surface area contributed by atoms with Crippen molar-refractivity contribution in [3.63, 3.8) is 0 Å². The van der Waals surface area contributed by atoms with Gasteiger partial charge in [0.1, 0.15) is 67.1 Å². The minimum atomic E-state index is -1.85. The summed E-state index contributed by atoms with van der Waals surface area (Å²) < 4.78 is 50.1. The molecule has 18 nitrogen and oxygen atoms in total. The third kappa shape index (κ3) is 7.81. The van der Waals surface area contributed by atoms with E-state index in [4.69, 9.17) is 37.9 Å². The van der Waals surface area contributed by atoms with Crippen LogP contribution in [0.3, 0.4) is 0 Å². The fourth-order valence-electron chi connectivity index (χ4n) is 14.1. The van der Waals surface area contributed by atoms with Gasteiger partial charge in [-0.3, -0.25) is 0 Å². The molecule has 0 aromatic rings. The molecule has 9 rings (SSSR count). The number of aliphatic hydroxyl groups is 10. The Morgan fingerprint density at radius 1 is 0.667 bits per heavy atom. The second kappa shape index (κ2) is 17.8. The molecule has 8 fully saturated rings. The van der Waals surface area contributed by atoms with Crippen molar-refractivity contribution in [3.05, 3.63) is 11.6 Å². The van der Waals surface area contributed by atoms with E-state index in [1.54, 1.807) is 0 Å². The topological polar surface area (TPSA) is 276 Å². The summed E-state index contributed by atoms with van der Waals surface area (Å²) in [4.78, 5) is 0. The molecule has 4 aliphatic carbocycles. The largest absolute Gasteiger partial charge is 0.396 e. The number of allylic oxidation sites excluding steroid dienone is 1. The maximum Gasteiger partial charge on any atom is 0.187 e. The molecule has 5 heterocycles. The van der Waals surface area contributed by atoms with Gasteiger partial charge in [-0.2, -0.15) is 0 Å². The van der Waals surface area contributed by atoms with Gasteiger partial charge >= 0.3 is 0 Å². The zero-order chi connectivity index (χ0) is 44.9. The Labute approximate surface area is 368 Å². The molecule has 0 radical (unpaired) electrons. The fraction of sp³-hybridized carbons (Fsp3) is 0.956. The Hall–Kier alpha value is -0.980. The van der Waals surface area contributed by atoms with Crippen LogP contribution in [0.25, 0.3) is 0 Å². The third-order valence-corrected chi connectivity index (χ3v) is 17.8. The lowest BCUT2D eigenvalue weighted by Gasteiger charge is -2.59. The predicted molar refractivity (Wildman–Crippen MR) is 216 cm³/mol. The SMILES string of the molecule is C[C@@H]1O[C@H](O[C@H]2[C@H](O[C@H]3CC[C@@]4(C)C(=CC[C@H]5[C@@H]6C[C@@H]7O[C@]8(CC[C@@H](CO)CO8)[C@@H](C)[C@@H]7[C@@]6(C)CC[C@@H]54)C3)O[C@H](CO)[C@@H](O)[C@@H]2O[C@@H]2O[C@H](CO)[C@@H](O)[C@H](O)[C@H]2O)[C@H](O)[C@H](O)[C@H]1O. The Morgan fingerprint density at radius 3 is 2.02 bits per heavy atom. The molecule has 9 aliphatic rings. The van der Waals surface area contributed by atoms with E-state index in [0.29, 0.717) is 43.1 Å². The van der Waals surface area contributed by atoms with Crippen LogP contribution in [0.1, 0.15) is 85.5 Å². The molecule has 0 aromatic carbocycles. The number of aliphatic hydroxyl groups excluding tert-OH is 10. The van der Waals surface area contributed by atoms with E-state index in [1.807, 2.05) is 0 Å². The average Bonchev–Trinajstić information content (AvgIpc) is 3.72. The van der Waals surface area contributed by atoms with Crippen molar-refractivity contribution in [1.82, 2.24) is 0 Å². The molecular weight excluding hydrogens is 828 g/mol. The monoisotopic (exact) mass is 900 g/mol. The first-order valence-electron chi connectivity index (χ1n) is 23.5. The molecular formula is C45H72O18. The van der Waals surface area contributed by atoms with Gasteiger partial charge in [0.2, 0.25) is 0 Å². The van der Waals surface area contributed by atoms with Crippen LogP contribution in [0.4, 0.5) is 0 Å². The van der Waals surface area contributed by atoms with E-state index in [2.05, 4.69) is 26.8 Å². The van der Waals surface area contributed by atoms with Crippen molar-refractivity contribution in [2.24, 2.45) is 46.3 Å². The van der Waals surface area contributed by atoms with Crippen LogP contribution < -0.4 is 0 Å². The molecule has 18 heteroatoms. The van der Waals surface area contributed by atoms with Crippen molar-refractivity contribution in [2.75, 3.05) is 26.4 Å². The lowest BCUT2D eigenvalue weighted by atomic mass is 9.47. The highest BCUT2D eigenvalue weighted by Crippen LogP contribution is 2.70. The second-order valence-corrected chi connectivity index (χ2v) is 21.0. The first-order valence-corrected chi connectivity index (χ1v) is 23.5. The molecule has 0 bridgehead atoms. The Kier molecular flexibility index (Phi) is 13.3. The number of ether oxygens (including phenoxy) is 8. The maximum absolute atomic E-state index is 11.6. The molecule has 5 aliphatic heterocycles. The molecule has 3 saturated carbocycles. The van der Waals surface area contributed by atoms with Crippen LogP contribution in [0.2, 0.25) is 0 Å². The Morgan fingerprint density at radius 2 is 1.33 bits per heavy atom. The molecule has 26 atom stereocenters. The van der Waals surface area contributed by atoms with Gasteiger partial charge < -0.3 is 89.0 Å². The van der Waals surface area contributed by atoms with Gasteiger partial charge in [0.25, 0.3) is 0 Å². The van der Waals surface area contributed by atoms with Crippen LogP contribution in [-0.2, 0) is 37.9 Å². The predicted octanol–water partition coefficient (Wildman–Crippen LogP) is -0.813. The molecule has 0 amide bonds. The van der Waals surface area contributed by atoms with E-state index >= 15 is 0 Å². The zero-order valence-electron chi connectivity index (χ0n) is 36.8. The van der Waals surface area contributed by atoms with Gasteiger partial charge in [-0.05, 0) is 92.8 Å². The zero-order valence-corrected chi connectivity index (χ0v) is 36.8. The lowest BCUT2D eigenvalue weighted by molar-refractivity contribution is -0.394. The highest BCUT2D eigenvalue weighted by atomic mass is 16.8. The van der Waals surface area contributed by atoms with Crippen LogP contribution in [0.5, 0.6) is 0 Å². The highest BCUT2D eigenvalue weighted by Gasteiger charge is 2.69. The van der Waals surface area contributed by atoms with Crippen molar-refractivity contribution in [1.29, 1.82) is 0 Å². The van der Waals surface area contributed by atoms with E-state index in [-0.39, 0.29) is 35.4 Å². The fourth-order valence-corrected chi connectivity index (χ4v) is 14.1. The Balaban J connectivity index is 0.934. The summed E-state index contributed by atoms with van der Waals surface area (Å²) in [5, 5.41) is 106. The minimum absolute atomic E-state index is 0.0731. The van der Waals surface area contributed by atoms with Crippen LogP contribution >= 0.6 is 0 Å². The van der Waals surface area contributed by atoms with Crippen molar-refractivity contribution in [2.45, 2.75) is 196 Å². The lowest BCUT2D eigenvalue weighted by Crippen LogP contribution is -2.67. The van der Waals surface area contributed by atoms with Gasteiger partial charge in [0.15, 0.2) is 24.7 Å². The van der Waals surface area contributed by atoms with Crippen LogP contribution in [0, 0.1) is 46.3 Å². The normalized spacial score (nSPS) is 56.9. The van der Waals surface area contributed by atoms with E-state index in [1.165, 1.54) is 12.5 Å². The number of hydrogen-bond acceptors (Lipinski definition) is 18. The molecule has 10 N–H and O–H groups in total. The van der Waals surface area contributed by atoms with E-state index < -0.39 is 117 Å². The van der Waals surface area contributed by atoms with Gasteiger partial charge in [0.05, 0.1) is 38.1 Å². The summed E-state index contributed by atoms with van der Waals surface area (Å²) in [6, 6.07) is 0. The minimum Gasteiger partial charge on any atom is -0.396 e. The first-order chi connectivity index (χ1) is 30.0. The highest BCUT2D eigenvalue weighted by molar-refractivity contribution is 5.26. The van der Waals surface area contributed by atoms with Crippen molar-refractivity contribution >= 4 is 0 Å². The van der Waals surface area contributed by atoms with Crippen molar-refractivity contribution in [3.8, 4) is 0 Å². The smallest absolute Gasteiger partial charge is 0.187 e. The molecule has 63 heavy (non-hydrogen) atoms. The molecule has 5 saturated heterocycles. The van der Waals surface area contributed by atoms with Gasteiger partial charge in [-0.1, -0.05) is 32.4 Å². The standard InChI is InChI=1S/C45H72O18/c1-19-30-27(63-45(19)12-7-21(15-46)18-56-45)14-26-24-6-5-22-13-23(8-10-43(22,3)25(24)9-11-44(26,30)4)58-42-39(62-40-36(54)34(52)31(49)20(2)57-40)38(33(51)29(17-48)60-42)61-41-37(55)35(53)32(50)28(16-47)59-41/h5,19-21,23-42,46-55H,6-18H2,1-4H3/t19-,20-,21-,23-,24+,25-,26-,27-,28+,29+,30-,31-,32+,33+,34+,35-,36+,37+,38-,39+,40+,41-,42+,43-,44-,45+/m0/s1. The van der Waals surface area contributed by atoms with Crippen LogP contribution in [-0.4, -0.2) is 188 Å². The molecule has 360 valence electrons. The summed E-state index contributed by atoms with van der Waals surface area (Å²) in [5.41, 5.74) is 1.36. The maximum atomic E-state index is 11.6. The molecule has 1 spiro atoms. The Bertz CT molecular complexity index is 1630. The molecule has 0 aromatic heterocycles. The summed E-state index contributed by atoms with van der Waals surface area (Å²) in [7, 11) is 0. The summed E-state index contributed by atoms with van der Waals surface area (Å²) >= 11 is 0. The summed E-state index contributed by atoms with van der Waals surface area (Å²) in [6.45, 7) is 7.95. The van der Waals surface area contributed by atoms with Gasteiger partial charge in [0, 0.05) is 24.9 Å². The quantitative estimate of drug-likeness (QED) is 0.127. The summed E-state index contributed by atoms with van der Waals surface area (Å²) in [6.07, 6.45) is -13.2. The number of fused-ring (bicyclic) bond motifs is 7. The van der Waals surface area contributed by atoms with E-state index in [9.17, 15) is 51.1 Å². The number of hydrogen-bond donors (Lipinski definition) is 10. The second-order valence-electron chi connectivity index (χ2n) is 21.0. The van der Waals surface area contributed by atoms with Gasteiger partial charge in [-0.25, -0.2) is 0 Å². The third-order valence-electron chi connectivity index (χ3n) is 17.8. The summed E-state index contributed by atoms with van der Waals surface area (Å²) in [5.74, 6) is 1.77. The van der Waals surface area contributed by atoms with Crippen molar-refractivity contribution < 1.29 is 89.0 Å².